The zero-order chi connectivity index (χ0) is 21.3. The summed E-state index contributed by atoms with van der Waals surface area (Å²) in [5.41, 5.74) is 2.97. The van der Waals surface area contributed by atoms with E-state index >= 15 is 0 Å². The molecule has 3 aromatic rings. The Balaban J connectivity index is 1.74. The fourth-order valence-corrected chi connectivity index (χ4v) is 5.00. The second kappa shape index (κ2) is 7.77. The number of nitriles is 1. The molecule has 1 aliphatic heterocycles. The van der Waals surface area contributed by atoms with Crippen LogP contribution in [-0.4, -0.2) is 23.8 Å². The summed E-state index contributed by atoms with van der Waals surface area (Å²) in [6, 6.07) is 21.7. The van der Waals surface area contributed by atoms with E-state index in [9.17, 15) is 10.1 Å². The number of hydrogen-bond donors (Lipinski definition) is 2. The van der Waals surface area contributed by atoms with Crippen LogP contribution in [0.3, 0.4) is 0 Å². The molecule has 150 valence electrons. The van der Waals surface area contributed by atoms with Gasteiger partial charge in [0.25, 0.3) is 0 Å². The van der Waals surface area contributed by atoms with Gasteiger partial charge in [-0.05, 0) is 53.6 Å². The molecule has 0 unspecified atom stereocenters. The van der Waals surface area contributed by atoms with E-state index in [0.29, 0.717) is 12.0 Å². The first-order chi connectivity index (χ1) is 14.4. The molecule has 1 aliphatic rings. The summed E-state index contributed by atoms with van der Waals surface area (Å²) in [5.74, 6) is -0.310. The minimum Gasteiger partial charge on any atom is -0.345 e. The lowest BCUT2D eigenvalue weighted by Crippen LogP contribution is -2.64. The quantitative estimate of drug-likeness (QED) is 0.666. The van der Waals surface area contributed by atoms with Crippen LogP contribution < -0.4 is 5.32 Å². The van der Waals surface area contributed by atoms with Crippen molar-refractivity contribution in [2.75, 3.05) is 7.05 Å². The van der Waals surface area contributed by atoms with E-state index in [-0.39, 0.29) is 17.8 Å². The molecule has 30 heavy (non-hydrogen) atoms. The number of nitrogens with one attached hydrogen (secondary N) is 2. The van der Waals surface area contributed by atoms with Gasteiger partial charge in [-0.1, -0.05) is 42.5 Å². The maximum atomic E-state index is 13.2. The van der Waals surface area contributed by atoms with Crippen LogP contribution >= 0.6 is 11.3 Å². The van der Waals surface area contributed by atoms with Crippen LogP contribution in [0.15, 0.2) is 66.0 Å². The molecule has 1 aromatic heterocycles. The summed E-state index contributed by atoms with van der Waals surface area (Å²) in [7, 11) is 1.64. The van der Waals surface area contributed by atoms with Crippen molar-refractivity contribution in [1.29, 1.82) is 10.7 Å². The fraction of sp³-hybridized carbons (Fsp3) is 0.208. The van der Waals surface area contributed by atoms with Gasteiger partial charge >= 0.3 is 0 Å². The molecule has 1 fully saturated rings. The maximum absolute atomic E-state index is 13.2. The first-order valence-corrected chi connectivity index (χ1v) is 10.6. The molecule has 0 spiro atoms. The van der Waals surface area contributed by atoms with Gasteiger partial charge in [0.2, 0.25) is 5.91 Å². The highest BCUT2D eigenvalue weighted by Crippen LogP contribution is 2.41. The van der Waals surface area contributed by atoms with Gasteiger partial charge in [-0.25, -0.2) is 0 Å². The second-order valence-electron chi connectivity index (χ2n) is 7.71. The predicted octanol–water partition coefficient (Wildman–Crippen LogP) is 4.36. The van der Waals surface area contributed by atoms with Crippen LogP contribution in [0.5, 0.6) is 0 Å². The van der Waals surface area contributed by atoms with Crippen molar-refractivity contribution in [3.05, 3.63) is 82.0 Å². The lowest BCUT2D eigenvalue weighted by atomic mass is 9.77. The zero-order valence-electron chi connectivity index (χ0n) is 16.8. The van der Waals surface area contributed by atoms with E-state index in [1.807, 2.05) is 60.8 Å². The number of thiophene rings is 1. The van der Waals surface area contributed by atoms with E-state index in [1.54, 1.807) is 24.5 Å². The highest BCUT2D eigenvalue weighted by atomic mass is 32.1. The number of carbonyl (C=O) groups is 1. The minimum absolute atomic E-state index is 0.0634. The average molecular weight is 415 g/mol. The topological polar surface area (TPSA) is 80.0 Å². The van der Waals surface area contributed by atoms with Crippen molar-refractivity contribution in [2.24, 2.45) is 5.92 Å². The molecule has 5 nitrogen and oxygen atoms in total. The molecular formula is C24H22N4OS. The molecule has 0 saturated carbocycles. The molecular weight excluding hydrogens is 392 g/mol. The zero-order valence-corrected chi connectivity index (χ0v) is 17.7. The van der Waals surface area contributed by atoms with Gasteiger partial charge in [-0.2, -0.15) is 5.26 Å². The summed E-state index contributed by atoms with van der Waals surface area (Å²) in [6.45, 7) is 2.00. The molecule has 0 bridgehead atoms. The fourth-order valence-electron chi connectivity index (χ4n) is 3.91. The average Bonchev–Trinajstić information content (AvgIpc) is 3.27. The molecule has 2 heterocycles. The molecule has 1 saturated heterocycles. The van der Waals surface area contributed by atoms with Crippen LogP contribution in [0.25, 0.3) is 11.1 Å². The van der Waals surface area contributed by atoms with Crippen LogP contribution in [0.1, 0.15) is 22.9 Å². The molecule has 2 aromatic carbocycles. The Bertz CT molecular complexity index is 1150. The summed E-state index contributed by atoms with van der Waals surface area (Å²) >= 11 is 1.57. The van der Waals surface area contributed by atoms with Crippen LogP contribution in [-0.2, 0) is 16.8 Å². The van der Waals surface area contributed by atoms with Gasteiger partial charge in [0, 0.05) is 11.9 Å². The van der Waals surface area contributed by atoms with Crippen LogP contribution in [0.4, 0.5) is 0 Å². The Morgan fingerprint density at radius 1 is 1.17 bits per heavy atom. The molecule has 2 atom stereocenters. The maximum Gasteiger partial charge on any atom is 0.235 e. The van der Waals surface area contributed by atoms with E-state index < -0.39 is 5.54 Å². The minimum atomic E-state index is -0.702. The standard InChI is InChI=1S/C24H22N4OS/c1-24(21-13-19(15-30-21)18-10-6-9-17(11-18)14-25)20(12-16-7-4-3-5-8-16)22(29)28(2)23(26)27-24/h3-11,13,15,20H,12H2,1-2H3,(H2,26,27)/t20-,24-/m0/s1. The molecule has 6 heteroatoms. The van der Waals surface area contributed by atoms with Crippen LogP contribution in [0, 0.1) is 22.7 Å². The normalized spacial score (nSPS) is 21.2. The van der Waals surface area contributed by atoms with Gasteiger partial charge in [0.1, 0.15) is 0 Å². The van der Waals surface area contributed by atoms with Crippen molar-refractivity contribution < 1.29 is 4.79 Å². The third kappa shape index (κ3) is 3.49. The van der Waals surface area contributed by atoms with E-state index in [0.717, 1.165) is 21.6 Å². The second-order valence-corrected chi connectivity index (χ2v) is 8.62. The summed E-state index contributed by atoms with van der Waals surface area (Å²) < 4.78 is 0. The van der Waals surface area contributed by atoms with Crippen molar-refractivity contribution in [3.8, 4) is 17.2 Å². The molecule has 2 N–H and O–H groups in total. The Hall–Kier alpha value is -3.43. The predicted molar refractivity (Wildman–Crippen MR) is 119 cm³/mol. The highest BCUT2D eigenvalue weighted by Gasteiger charge is 2.48. The monoisotopic (exact) mass is 414 g/mol. The SMILES string of the molecule is CN1C(=N)N[C@](C)(c2cc(-c3cccc(C#N)c3)cs2)[C@@H](Cc2ccccc2)C1=O. The third-order valence-electron chi connectivity index (χ3n) is 5.76. The van der Waals surface area contributed by atoms with Crippen molar-refractivity contribution in [2.45, 2.75) is 18.9 Å². The van der Waals surface area contributed by atoms with Crippen molar-refractivity contribution in [3.63, 3.8) is 0 Å². The number of guanidine groups is 1. The van der Waals surface area contributed by atoms with Gasteiger partial charge in [-0.15, -0.1) is 11.3 Å². The molecule has 4 rings (SSSR count). The number of rotatable bonds is 4. The number of nitrogens with zero attached hydrogens (tertiary/aromatic N) is 2. The van der Waals surface area contributed by atoms with E-state index in [4.69, 9.17) is 5.41 Å². The number of benzene rings is 2. The molecule has 0 aliphatic carbocycles. The van der Waals surface area contributed by atoms with Gasteiger partial charge in [-0.3, -0.25) is 15.1 Å². The summed E-state index contributed by atoms with van der Waals surface area (Å²) in [4.78, 5) is 15.6. The number of amides is 1. The lowest BCUT2D eigenvalue weighted by Gasteiger charge is -2.45. The molecule has 0 radical (unpaired) electrons. The van der Waals surface area contributed by atoms with E-state index in [1.165, 1.54) is 4.90 Å². The first kappa shape index (κ1) is 19.9. The Labute approximate surface area is 180 Å². The summed E-state index contributed by atoms with van der Waals surface area (Å²) in [5, 5.41) is 22.8. The summed E-state index contributed by atoms with van der Waals surface area (Å²) in [6.07, 6.45) is 0.581. The smallest absolute Gasteiger partial charge is 0.235 e. The van der Waals surface area contributed by atoms with Gasteiger partial charge in [0.15, 0.2) is 5.96 Å². The van der Waals surface area contributed by atoms with Gasteiger partial charge < -0.3 is 5.32 Å². The van der Waals surface area contributed by atoms with Crippen LogP contribution in [0.2, 0.25) is 0 Å². The first-order valence-electron chi connectivity index (χ1n) is 9.70. The van der Waals surface area contributed by atoms with Gasteiger partial charge in [0.05, 0.1) is 23.1 Å². The van der Waals surface area contributed by atoms with E-state index in [2.05, 4.69) is 17.5 Å². The van der Waals surface area contributed by atoms with Crippen molar-refractivity contribution in [1.82, 2.24) is 10.2 Å². The van der Waals surface area contributed by atoms with Crippen molar-refractivity contribution >= 4 is 23.2 Å². The third-order valence-corrected chi connectivity index (χ3v) is 6.93. The number of hydrogen-bond acceptors (Lipinski definition) is 4. The number of carbonyl (C=O) groups excluding carboxylic acids is 1. The largest absolute Gasteiger partial charge is 0.345 e. The molecule has 1 amide bonds. The Morgan fingerprint density at radius 2 is 1.93 bits per heavy atom. The lowest BCUT2D eigenvalue weighted by molar-refractivity contribution is -0.135. The Kier molecular flexibility index (Phi) is 5.15. The highest BCUT2D eigenvalue weighted by molar-refractivity contribution is 7.10. The Morgan fingerprint density at radius 3 is 2.67 bits per heavy atom.